The second-order valence-electron chi connectivity index (χ2n) is 5.27. The molecule has 3 rings (SSSR count). The summed E-state index contributed by atoms with van der Waals surface area (Å²) in [6.45, 7) is 2.78. The van der Waals surface area contributed by atoms with Crippen LogP contribution >= 0.6 is 23.2 Å². The molecular formula is C14H14Cl2N2O3. The number of carbonyl (C=O) groups excluding carboxylic acids is 2. The van der Waals surface area contributed by atoms with Crippen molar-refractivity contribution in [1.29, 1.82) is 0 Å². The van der Waals surface area contributed by atoms with E-state index >= 15 is 0 Å². The van der Waals surface area contributed by atoms with Gasteiger partial charge in [0.05, 0.1) is 18.2 Å². The lowest BCUT2D eigenvalue weighted by Gasteiger charge is -2.17. The molecule has 1 aliphatic carbocycles. The zero-order chi connectivity index (χ0) is 15.2. The van der Waals surface area contributed by atoms with Gasteiger partial charge in [-0.3, -0.25) is 9.69 Å². The monoisotopic (exact) mass is 328 g/mol. The Bertz CT molecular complexity index is 618. The molecule has 0 aromatic heterocycles. The molecule has 1 aliphatic heterocycles. The molecule has 7 heteroatoms. The molecule has 1 saturated carbocycles. The first-order valence-corrected chi connectivity index (χ1v) is 7.38. The number of rotatable bonds is 3. The van der Waals surface area contributed by atoms with Gasteiger partial charge < -0.3 is 10.1 Å². The predicted octanol–water partition coefficient (Wildman–Crippen LogP) is 3.08. The number of anilines is 2. The van der Waals surface area contributed by atoms with Gasteiger partial charge in [0, 0.05) is 5.69 Å². The molecule has 1 atom stereocenters. The maximum Gasteiger partial charge on any atom is 0.414 e. The van der Waals surface area contributed by atoms with Crippen LogP contribution in [0.1, 0.15) is 12.0 Å². The minimum atomic E-state index is -0.948. The molecule has 5 nitrogen and oxygen atoms in total. The van der Waals surface area contributed by atoms with Crippen LogP contribution in [0.25, 0.3) is 0 Å². The van der Waals surface area contributed by atoms with Crippen molar-refractivity contribution in [2.75, 3.05) is 23.4 Å². The van der Waals surface area contributed by atoms with Crippen LogP contribution in [-0.4, -0.2) is 29.5 Å². The van der Waals surface area contributed by atoms with Crippen LogP contribution in [-0.2, 0) is 9.53 Å². The van der Waals surface area contributed by atoms with E-state index in [0.717, 1.165) is 11.3 Å². The summed E-state index contributed by atoms with van der Waals surface area (Å²) in [4.78, 5) is 25.2. The minimum Gasteiger partial charge on any atom is -0.447 e. The van der Waals surface area contributed by atoms with Crippen LogP contribution in [0.4, 0.5) is 16.2 Å². The van der Waals surface area contributed by atoms with E-state index < -0.39 is 4.33 Å². The summed E-state index contributed by atoms with van der Waals surface area (Å²) in [6, 6.07) is 5.38. The van der Waals surface area contributed by atoms with Gasteiger partial charge in [0.15, 0.2) is 0 Å². The van der Waals surface area contributed by atoms with Gasteiger partial charge >= 0.3 is 6.09 Å². The minimum absolute atomic E-state index is 0.209. The maximum atomic E-state index is 12.0. The second kappa shape index (κ2) is 5.07. The largest absolute Gasteiger partial charge is 0.447 e. The number of hydrogen-bond acceptors (Lipinski definition) is 3. The van der Waals surface area contributed by atoms with Crippen molar-refractivity contribution < 1.29 is 14.3 Å². The second-order valence-corrected chi connectivity index (χ2v) is 6.82. The molecule has 0 bridgehead atoms. The van der Waals surface area contributed by atoms with Crippen LogP contribution in [0.3, 0.4) is 0 Å². The number of ether oxygens (including phenoxy) is 1. The van der Waals surface area contributed by atoms with Gasteiger partial charge in [0.2, 0.25) is 5.91 Å². The molecule has 1 heterocycles. The number of alkyl halides is 2. The lowest BCUT2D eigenvalue weighted by molar-refractivity contribution is -0.117. The molecule has 112 valence electrons. The molecule has 2 fully saturated rings. The Morgan fingerprint density at radius 1 is 1.48 bits per heavy atom. The lowest BCUT2D eigenvalue weighted by atomic mass is 10.1. The maximum absolute atomic E-state index is 12.0. The van der Waals surface area contributed by atoms with Gasteiger partial charge in [0.25, 0.3) is 0 Å². The van der Waals surface area contributed by atoms with Crippen LogP contribution in [0.2, 0.25) is 0 Å². The van der Waals surface area contributed by atoms with E-state index in [1.807, 2.05) is 13.0 Å². The summed E-state index contributed by atoms with van der Waals surface area (Å²) >= 11 is 11.8. The van der Waals surface area contributed by atoms with E-state index in [4.69, 9.17) is 27.9 Å². The van der Waals surface area contributed by atoms with Crippen molar-refractivity contribution in [3.8, 4) is 0 Å². The molecule has 0 radical (unpaired) electrons. The normalized spacial score (nSPS) is 22.9. The van der Waals surface area contributed by atoms with E-state index in [1.54, 1.807) is 17.0 Å². The van der Waals surface area contributed by atoms with Crippen LogP contribution in [0.5, 0.6) is 0 Å². The van der Waals surface area contributed by atoms with Gasteiger partial charge in [0.1, 0.15) is 10.9 Å². The Morgan fingerprint density at radius 2 is 2.19 bits per heavy atom. The Morgan fingerprint density at radius 3 is 2.76 bits per heavy atom. The Labute approximate surface area is 132 Å². The van der Waals surface area contributed by atoms with E-state index in [1.165, 1.54) is 0 Å². The lowest BCUT2D eigenvalue weighted by Crippen LogP contribution is -2.24. The molecular weight excluding hydrogens is 315 g/mol. The number of carbonyl (C=O) groups is 2. The summed E-state index contributed by atoms with van der Waals surface area (Å²) in [5, 5.41) is 2.78. The molecule has 1 unspecified atom stereocenters. The highest BCUT2D eigenvalue weighted by atomic mass is 35.5. The summed E-state index contributed by atoms with van der Waals surface area (Å²) in [6.07, 6.45) is 0.0864. The van der Waals surface area contributed by atoms with Crippen molar-refractivity contribution >= 4 is 46.6 Å². The number of aryl methyl sites for hydroxylation is 1. The highest BCUT2D eigenvalue weighted by Crippen LogP contribution is 2.53. The third kappa shape index (κ3) is 2.80. The first kappa shape index (κ1) is 14.5. The predicted molar refractivity (Wildman–Crippen MR) is 81.0 cm³/mol. The number of nitrogens with one attached hydrogen (secondary N) is 1. The SMILES string of the molecule is Cc1ccc(NC(=O)C2CC2(Cl)Cl)cc1N1CCOC1=O. The average Bonchev–Trinajstić information content (AvgIpc) is 2.86. The van der Waals surface area contributed by atoms with Crippen LogP contribution in [0, 0.1) is 12.8 Å². The number of benzene rings is 1. The van der Waals surface area contributed by atoms with Crippen LogP contribution < -0.4 is 10.2 Å². The molecule has 1 aromatic rings. The fourth-order valence-corrected chi connectivity index (χ4v) is 2.82. The fraction of sp³-hybridized carbons (Fsp3) is 0.429. The first-order chi connectivity index (χ1) is 9.88. The molecule has 21 heavy (non-hydrogen) atoms. The zero-order valence-corrected chi connectivity index (χ0v) is 12.9. The summed E-state index contributed by atoms with van der Waals surface area (Å²) in [7, 11) is 0. The fourth-order valence-electron chi connectivity index (χ4n) is 2.32. The highest BCUT2D eigenvalue weighted by Gasteiger charge is 2.56. The third-order valence-electron chi connectivity index (χ3n) is 3.67. The number of hydrogen-bond donors (Lipinski definition) is 1. The average molecular weight is 329 g/mol. The van der Waals surface area contributed by atoms with E-state index in [0.29, 0.717) is 25.3 Å². The molecule has 0 spiro atoms. The van der Waals surface area contributed by atoms with Crippen LogP contribution in [0.15, 0.2) is 18.2 Å². The number of halogens is 2. The van der Waals surface area contributed by atoms with Crippen molar-refractivity contribution in [3.63, 3.8) is 0 Å². The smallest absolute Gasteiger partial charge is 0.414 e. The third-order valence-corrected chi connectivity index (χ3v) is 4.51. The molecule has 2 amide bonds. The van der Waals surface area contributed by atoms with Gasteiger partial charge in [-0.15, -0.1) is 23.2 Å². The van der Waals surface area contributed by atoms with Crippen molar-refractivity contribution in [2.24, 2.45) is 5.92 Å². The van der Waals surface area contributed by atoms with Crippen molar-refractivity contribution in [2.45, 2.75) is 17.7 Å². The Balaban J connectivity index is 1.78. The van der Waals surface area contributed by atoms with E-state index in [-0.39, 0.29) is 17.9 Å². The molecule has 1 aromatic carbocycles. The highest BCUT2D eigenvalue weighted by molar-refractivity contribution is 6.52. The number of amides is 2. The summed E-state index contributed by atoms with van der Waals surface area (Å²) in [5.41, 5.74) is 2.27. The first-order valence-electron chi connectivity index (χ1n) is 6.62. The standard InChI is InChI=1S/C14H14Cl2N2O3/c1-8-2-3-9(17-12(19)10-7-14(10,15)16)6-11(8)18-4-5-21-13(18)20/h2-3,6,10H,4-5,7H2,1H3,(H,17,19). The zero-order valence-electron chi connectivity index (χ0n) is 11.4. The Hall–Kier alpha value is -1.46. The Kier molecular flexibility index (Phi) is 3.50. The van der Waals surface area contributed by atoms with E-state index in [2.05, 4.69) is 5.32 Å². The van der Waals surface area contributed by atoms with Gasteiger partial charge in [-0.2, -0.15) is 0 Å². The topological polar surface area (TPSA) is 58.6 Å². The summed E-state index contributed by atoms with van der Waals surface area (Å²) in [5.74, 6) is -0.596. The molecule has 1 saturated heterocycles. The number of nitrogens with zero attached hydrogens (tertiary/aromatic N) is 1. The van der Waals surface area contributed by atoms with Gasteiger partial charge in [-0.1, -0.05) is 6.07 Å². The molecule has 2 aliphatic rings. The number of cyclic esters (lactones) is 1. The van der Waals surface area contributed by atoms with Crippen molar-refractivity contribution in [1.82, 2.24) is 0 Å². The van der Waals surface area contributed by atoms with E-state index in [9.17, 15) is 9.59 Å². The summed E-state index contributed by atoms with van der Waals surface area (Å²) < 4.78 is 3.99. The van der Waals surface area contributed by atoms with Gasteiger partial charge in [-0.25, -0.2) is 4.79 Å². The van der Waals surface area contributed by atoms with Crippen molar-refractivity contribution in [3.05, 3.63) is 23.8 Å². The van der Waals surface area contributed by atoms with Gasteiger partial charge in [-0.05, 0) is 31.0 Å². The molecule has 1 N–H and O–H groups in total. The quantitative estimate of drug-likeness (QED) is 0.867.